The number of thioether (sulfide) groups is 1. The SMILES string of the molecule is CCOc1nc(Cl)cc2c1cnn2C1CCSCC1. The van der Waals surface area contributed by atoms with Crippen molar-refractivity contribution < 1.29 is 4.74 Å². The van der Waals surface area contributed by atoms with Gasteiger partial charge in [0.2, 0.25) is 5.88 Å². The second-order valence-corrected chi connectivity index (χ2v) is 6.16. The third-order valence-electron chi connectivity index (χ3n) is 3.35. The van der Waals surface area contributed by atoms with E-state index >= 15 is 0 Å². The molecule has 0 atom stereocenters. The Hall–Kier alpha value is -0.940. The first-order chi connectivity index (χ1) is 9.29. The average molecular weight is 298 g/mol. The van der Waals surface area contributed by atoms with E-state index in [0.717, 1.165) is 23.7 Å². The molecule has 1 saturated heterocycles. The quantitative estimate of drug-likeness (QED) is 0.812. The first-order valence-corrected chi connectivity index (χ1v) is 8.07. The molecule has 0 spiro atoms. The standard InChI is InChI=1S/C13H16ClN3OS/c1-2-18-13-10-8-15-17(9-3-5-19-6-4-9)11(10)7-12(14)16-13/h7-9H,2-6H2,1H3. The lowest BCUT2D eigenvalue weighted by atomic mass is 10.1. The molecule has 19 heavy (non-hydrogen) atoms. The second-order valence-electron chi connectivity index (χ2n) is 4.55. The van der Waals surface area contributed by atoms with E-state index < -0.39 is 0 Å². The normalized spacial score (nSPS) is 16.9. The number of halogens is 1. The van der Waals surface area contributed by atoms with Crippen LogP contribution in [0.3, 0.4) is 0 Å². The molecule has 0 aromatic carbocycles. The van der Waals surface area contributed by atoms with Gasteiger partial charge in [-0.15, -0.1) is 0 Å². The molecular formula is C13H16ClN3OS. The number of pyridine rings is 1. The van der Waals surface area contributed by atoms with Gasteiger partial charge in [0.1, 0.15) is 5.15 Å². The molecule has 3 heterocycles. The number of hydrogen-bond donors (Lipinski definition) is 0. The average Bonchev–Trinajstić information content (AvgIpc) is 2.84. The monoisotopic (exact) mass is 297 g/mol. The highest BCUT2D eigenvalue weighted by molar-refractivity contribution is 7.99. The van der Waals surface area contributed by atoms with Gasteiger partial charge in [0.05, 0.1) is 29.7 Å². The van der Waals surface area contributed by atoms with Gasteiger partial charge in [-0.2, -0.15) is 16.9 Å². The Balaban J connectivity index is 2.06. The predicted molar refractivity (Wildman–Crippen MR) is 79.3 cm³/mol. The van der Waals surface area contributed by atoms with E-state index in [1.165, 1.54) is 11.5 Å². The van der Waals surface area contributed by atoms with Gasteiger partial charge < -0.3 is 4.74 Å². The predicted octanol–water partition coefficient (Wildman–Crippen LogP) is 3.55. The van der Waals surface area contributed by atoms with E-state index in [2.05, 4.69) is 14.8 Å². The molecule has 2 aromatic heterocycles. The Morgan fingerprint density at radius 2 is 2.26 bits per heavy atom. The molecular weight excluding hydrogens is 282 g/mol. The third kappa shape index (κ3) is 2.54. The minimum absolute atomic E-state index is 0.461. The van der Waals surface area contributed by atoms with Gasteiger partial charge in [0.25, 0.3) is 0 Å². The molecule has 0 unspecified atom stereocenters. The first-order valence-electron chi connectivity index (χ1n) is 6.54. The zero-order chi connectivity index (χ0) is 13.2. The summed E-state index contributed by atoms with van der Waals surface area (Å²) >= 11 is 8.10. The van der Waals surface area contributed by atoms with Crippen molar-refractivity contribution in [1.29, 1.82) is 0 Å². The highest BCUT2D eigenvalue weighted by atomic mass is 35.5. The van der Waals surface area contributed by atoms with Gasteiger partial charge in [-0.3, -0.25) is 4.68 Å². The van der Waals surface area contributed by atoms with Crippen LogP contribution in [0, 0.1) is 0 Å². The maximum atomic E-state index is 6.09. The Labute approximate surface area is 121 Å². The summed E-state index contributed by atoms with van der Waals surface area (Å²) in [4.78, 5) is 4.24. The van der Waals surface area contributed by atoms with E-state index in [4.69, 9.17) is 16.3 Å². The van der Waals surface area contributed by atoms with E-state index in [1.807, 2.05) is 30.9 Å². The summed E-state index contributed by atoms with van der Waals surface area (Å²) < 4.78 is 7.64. The molecule has 2 aromatic rings. The number of nitrogens with zero attached hydrogens (tertiary/aromatic N) is 3. The van der Waals surface area contributed by atoms with E-state index in [1.54, 1.807) is 0 Å². The topological polar surface area (TPSA) is 39.9 Å². The molecule has 0 N–H and O–H groups in total. The van der Waals surface area contributed by atoms with Crippen LogP contribution in [-0.2, 0) is 0 Å². The fourth-order valence-corrected chi connectivity index (χ4v) is 3.71. The van der Waals surface area contributed by atoms with Gasteiger partial charge in [-0.05, 0) is 31.3 Å². The fraction of sp³-hybridized carbons (Fsp3) is 0.538. The van der Waals surface area contributed by atoms with E-state index in [9.17, 15) is 0 Å². The largest absolute Gasteiger partial charge is 0.477 e. The summed E-state index contributed by atoms with van der Waals surface area (Å²) in [5.41, 5.74) is 1.03. The number of fused-ring (bicyclic) bond motifs is 1. The Bertz CT molecular complexity index is 581. The van der Waals surface area contributed by atoms with Crippen LogP contribution in [0.25, 0.3) is 10.9 Å². The van der Waals surface area contributed by atoms with Gasteiger partial charge in [0.15, 0.2) is 0 Å². The Morgan fingerprint density at radius 3 is 3.00 bits per heavy atom. The van der Waals surface area contributed by atoms with Crippen LogP contribution in [0.1, 0.15) is 25.8 Å². The molecule has 0 radical (unpaired) electrons. The van der Waals surface area contributed by atoms with Crippen LogP contribution in [0.5, 0.6) is 5.88 Å². The zero-order valence-electron chi connectivity index (χ0n) is 10.8. The van der Waals surface area contributed by atoms with Crippen molar-refractivity contribution in [2.45, 2.75) is 25.8 Å². The van der Waals surface area contributed by atoms with Gasteiger partial charge in [-0.1, -0.05) is 11.6 Å². The minimum Gasteiger partial charge on any atom is -0.477 e. The molecule has 0 aliphatic carbocycles. The van der Waals surface area contributed by atoms with Crippen molar-refractivity contribution in [2.75, 3.05) is 18.1 Å². The van der Waals surface area contributed by atoms with Crippen LogP contribution >= 0.6 is 23.4 Å². The van der Waals surface area contributed by atoms with Gasteiger partial charge in [-0.25, -0.2) is 4.98 Å². The molecule has 1 fully saturated rings. The summed E-state index contributed by atoms with van der Waals surface area (Å²) in [6, 6.07) is 2.35. The lowest BCUT2D eigenvalue weighted by Crippen LogP contribution is -2.16. The molecule has 0 bridgehead atoms. The van der Waals surface area contributed by atoms with Crippen LogP contribution in [0.4, 0.5) is 0 Å². The van der Waals surface area contributed by atoms with Gasteiger partial charge >= 0.3 is 0 Å². The van der Waals surface area contributed by atoms with Gasteiger partial charge in [0, 0.05) is 6.07 Å². The van der Waals surface area contributed by atoms with Crippen molar-refractivity contribution in [3.05, 3.63) is 17.4 Å². The van der Waals surface area contributed by atoms with Crippen molar-refractivity contribution in [3.63, 3.8) is 0 Å². The first kappa shape index (κ1) is 13.1. The molecule has 0 amide bonds. The molecule has 1 aliphatic rings. The minimum atomic E-state index is 0.461. The number of aromatic nitrogens is 3. The number of rotatable bonds is 3. The number of hydrogen-bond acceptors (Lipinski definition) is 4. The highest BCUT2D eigenvalue weighted by Gasteiger charge is 2.20. The smallest absolute Gasteiger partial charge is 0.226 e. The van der Waals surface area contributed by atoms with E-state index in [-0.39, 0.29) is 0 Å². The maximum absolute atomic E-state index is 6.09. The lowest BCUT2D eigenvalue weighted by Gasteiger charge is -2.22. The molecule has 6 heteroatoms. The zero-order valence-corrected chi connectivity index (χ0v) is 12.4. The Morgan fingerprint density at radius 1 is 1.47 bits per heavy atom. The fourth-order valence-electron chi connectivity index (χ4n) is 2.45. The lowest BCUT2D eigenvalue weighted by molar-refractivity contribution is 0.331. The molecule has 102 valence electrons. The van der Waals surface area contributed by atoms with E-state index in [0.29, 0.717) is 23.7 Å². The maximum Gasteiger partial charge on any atom is 0.226 e. The van der Waals surface area contributed by atoms with Crippen LogP contribution < -0.4 is 4.74 Å². The molecule has 4 nitrogen and oxygen atoms in total. The third-order valence-corrected chi connectivity index (χ3v) is 4.59. The summed E-state index contributed by atoms with van der Waals surface area (Å²) in [7, 11) is 0. The number of ether oxygens (including phenoxy) is 1. The molecule has 1 aliphatic heterocycles. The van der Waals surface area contributed by atoms with Crippen molar-refractivity contribution in [1.82, 2.24) is 14.8 Å². The Kier molecular flexibility index (Phi) is 3.84. The second kappa shape index (κ2) is 5.59. The molecule has 3 rings (SSSR count). The highest BCUT2D eigenvalue weighted by Crippen LogP contribution is 2.32. The van der Waals surface area contributed by atoms with Crippen molar-refractivity contribution >= 4 is 34.3 Å². The summed E-state index contributed by atoms with van der Waals surface area (Å²) in [5, 5.41) is 5.94. The van der Waals surface area contributed by atoms with Crippen LogP contribution in [0.15, 0.2) is 12.3 Å². The van der Waals surface area contributed by atoms with Crippen LogP contribution in [-0.4, -0.2) is 32.9 Å². The van der Waals surface area contributed by atoms with Crippen molar-refractivity contribution in [3.8, 4) is 5.88 Å². The summed E-state index contributed by atoms with van der Waals surface area (Å²) in [6.07, 6.45) is 4.15. The van der Waals surface area contributed by atoms with Crippen molar-refractivity contribution in [2.24, 2.45) is 0 Å². The summed E-state index contributed by atoms with van der Waals surface area (Å²) in [6.45, 7) is 2.52. The van der Waals surface area contributed by atoms with Crippen LogP contribution in [0.2, 0.25) is 5.15 Å². The summed E-state index contributed by atoms with van der Waals surface area (Å²) in [5.74, 6) is 2.98. The molecule has 0 saturated carbocycles.